The average Bonchev–Trinajstić information content (AvgIpc) is 2.98. The molecule has 0 radical (unpaired) electrons. The summed E-state index contributed by atoms with van der Waals surface area (Å²) in [6.07, 6.45) is 1.34. The van der Waals surface area contributed by atoms with Crippen LogP contribution in [0.5, 0.6) is 0 Å². The van der Waals surface area contributed by atoms with Gasteiger partial charge >= 0.3 is 5.82 Å². The smallest absolute Gasteiger partial charge is 0.321 e. The molecular formula is C9H10N6O3. The van der Waals surface area contributed by atoms with Crippen molar-refractivity contribution in [3.8, 4) is 0 Å². The molecule has 2 rings (SSSR count). The minimum Gasteiger partial charge on any atom is -0.358 e. The average molecular weight is 250 g/mol. The Morgan fingerprint density at radius 2 is 2.33 bits per heavy atom. The summed E-state index contributed by atoms with van der Waals surface area (Å²) in [5, 5.41) is 16.8. The lowest BCUT2D eigenvalue weighted by Gasteiger charge is -2.12. The lowest BCUT2D eigenvalue weighted by atomic mass is 10.3. The highest BCUT2D eigenvalue weighted by Crippen LogP contribution is 2.12. The van der Waals surface area contributed by atoms with Gasteiger partial charge in [0.25, 0.3) is 5.91 Å². The van der Waals surface area contributed by atoms with Crippen LogP contribution in [0.1, 0.15) is 16.3 Å². The standard InChI is InChI=1S/C9H10N6O3/c1-14(4-7-10-5-11-13-7)9(16)6-2-3-8(12-6)15(17)18/h2-3,5,12H,4H2,1H3,(H,10,11,13). The molecule has 0 fully saturated rings. The van der Waals surface area contributed by atoms with Crippen molar-refractivity contribution in [3.63, 3.8) is 0 Å². The summed E-state index contributed by atoms with van der Waals surface area (Å²) in [4.78, 5) is 29.5. The first kappa shape index (κ1) is 11.8. The monoisotopic (exact) mass is 250 g/mol. The van der Waals surface area contributed by atoms with E-state index in [0.29, 0.717) is 5.82 Å². The van der Waals surface area contributed by atoms with Crippen LogP contribution in [0.4, 0.5) is 5.82 Å². The van der Waals surface area contributed by atoms with E-state index in [0.717, 1.165) is 0 Å². The number of nitrogens with one attached hydrogen (secondary N) is 2. The lowest BCUT2D eigenvalue weighted by molar-refractivity contribution is -0.389. The minimum atomic E-state index is -0.590. The second-order valence-corrected chi connectivity index (χ2v) is 3.61. The van der Waals surface area contributed by atoms with Crippen LogP contribution in [0.25, 0.3) is 0 Å². The number of aromatic nitrogens is 4. The molecule has 2 aromatic heterocycles. The summed E-state index contributed by atoms with van der Waals surface area (Å²) in [6, 6.07) is 2.62. The van der Waals surface area contributed by atoms with Crippen LogP contribution in [0.15, 0.2) is 18.5 Å². The molecule has 0 unspecified atom stereocenters. The lowest BCUT2D eigenvalue weighted by Crippen LogP contribution is -2.27. The Morgan fingerprint density at radius 3 is 2.89 bits per heavy atom. The largest absolute Gasteiger partial charge is 0.358 e. The Labute approximate surface area is 101 Å². The number of amides is 1. The maximum absolute atomic E-state index is 11.9. The number of carbonyl (C=O) groups excluding carboxylic acids is 1. The van der Waals surface area contributed by atoms with E-state index in [-0.39, 0.29) is 24.0 Å². The van der Waals surface area contributed by atoms with Crippen molar-refractivity contribution in [2.75, 3.05) is 7.05 Å². The molecule has 2 aromatic rings. The van der Waals surface area contributed by atoms with Crippen LogP contribution >= 0.6 is 0 Å². The van der Waals surface area contributed by atoms with Gasteiger partial charge in [0.05, 0.1) is 6.54 Å². The van der Waals surface area contributed by atoms with Crippen molar-refractivity contribution in [1.29, 1.82) is 0 Å². The zero-order chi connectivity index (χ0) is 13.1. The van der Waals surface area contributed by atoms with E-state index in [1.807, 2.05) is 0 Å². The van der Waals surface area contributed by atoms with Crippen LogP contribution < -0.4 is 0 Å². The van der Waals surface area contributed by atoms with Crippen molar-refractivity contribution in [2.24, 2.45) is 0 Å². The molecule has 0 aromatic carbocycles. The number of hydrogen-bond donors (Lipinski definition) is 2. The molecule has 0 aliphatic heterocycles. The van der Waals surface area contributed by atoms with E-state index < -0.39 is 4.92 Å². The first-order chi connectivity index (χ1) is 8.58. The highest BCUT2D eigenvalue weighted by Gasteiger charge is 2.19. The molecule has 9 nitrogen and oxygen atoms in total. The maximum atomic E-state index is 11.9. The van der Waals surface area contributed by atoms with Gasteiger partial charge in [-0.15, -0.1) is 0 Å². The number of nitrogens with zero attached hydrogens (tertiary/aromatic N) is 4. The number of H-pyrrole nitrogens is 2. The van der Waals surface area contributed by atoms with Gasteiger partial charge in [-0.05, 0) is 11.0 Å². The highest BCUT2D eigenvalue weighted by molar-refractivity contribution is 5.92. The van der Waals surface area contributed by atoms with Gasteiger partial charge in [-0.3, -0.25) is 9.89 Å². The van der Waals surface area contributed by atoms with Crippen LogP contribution in [0.2, 0.25) is 0 Å². The molecule has 0 aliphatic rings. The zero-order valence-corrected chi connectivity index (χ0v) is 9.45. The van der Waals surface area contributed by atoms with Gasteiger partial charge in [-0.25, -0.2) is 9.97 Å². The fourth-order valence-corrected chi connectivity index (χ4v) is 1.42. The van der Waals surface area contributed by atoms with Gasteiger partial charge in [-0.2, -0.15) is 5.10 Å². The van der Waals surface area contributed by atoms with Gasteiger partial charge in [0.15, 0.2) is 5.69 Å². The quantitative estimate of drug-likeness (QED) is 0.597. The fraction of sp³-hybridized carbons (Fsp3) is 0.222. The third-order valence-electron chi connectivity index (χ3n) is 2.30. The third-order valence-corrected chi connectivity index (χ3v) is 2.30. The van der Waals surface area contributed by atoms with Crippen molar-refractivity contribution >= 4 is 11.7 Å². The number of rotatable bonds is 4. The summed E-state index contributed by atoms with van der Waals surface area (Å²) in [5.41, 5.74) is 0.156. The molecule has 1 amide bonds. The normalized spacial score (nSPS) is 10.3. The van der Waals surface area contributed by atoms with Crippen molar-refractivity contribution in [1.82, 2.24) is 25.1 Å². The molecule has 0 bridgehead atoms. The summed E-state index contributed by atoms with van der Waals surface area (Å²) in [6.45, 7) is 0.242. The molecule has 0 atom stereocenters. The third kappa shape index (κ3) is 2.34. The predicted octanol–water partition coefficient (Wildman–Crippen LogP) is 0.313. The zero-order valence-electron chi connectivity index (χ0n) is 9.45. The van der Waals surface area contributed by atoms with Crippen molar-refractivity contribution in [2.45, 2.75) is 6.54 Å². The van der Waals surface area contributed by atoms with E-state index in [4.69, 9.17) is 0 Å². The number of hydrogen-bond acceptors (Lipinski definition) is 5. The Kier molecular flexibility index (Phi) is 3.04. The molecule has 0 saturated heterocycles. The molecule has 9 heteroatoms. The number of nitro groups is 1. The molecule has 0 aliphatic carbocycles. The Bertz CT molecular complexity index is 561. The summed E-state index contributed by atoms with van der Waals surface area (Å²) >= 11 is 0. The van der Waals surface area contributed by atoms with Gasteiger partial charge in [0.1, 0.15) is 12.2 Å². The van der Waals surface area contributed by atoms with E-state index in [1.54, 1.807) is 7.05 Å². The van der Waals surface area contributed by atoms with Gasteiger partial charge < -0.3 is 15.0 Å². The van der Waals surface area contributed by atoms with Crippen molar-refractivity contribution in [3.05, 3.63) is 40.1 Å². The Balaban J connectivity index is 2.08. The number of aromatic amines is 2. The van der Waals surface area contributed by atoms with Crippen LogP contribution in [0.3, 0.4) is 0 Å². The molecular weight excluding hydrogens is 240 g/mol. The Morgan fingerprint density at radius 1 is 1.56 bits per heavy atom. The second-order valence-electron chi connectivity index (χ2n) is 3.61. The molecule has 2 N–H and O–H groups in total. The summed E-state index contributed by atoms with van der Waals surface area (Å²) < 4.78 is 0. The first-order valence-corrected chi connectivity index (χ1v) is 5.01. The van der Waals surface area contributed by atoms with Crippen molar-refractivity contribution < 1.29 is 9.72 Å². The maximum Gasteiger partial charge on any atom is 0.321 e. The van der Waals surface area contributed by atoms with Gasteiger partial charge in [0.2, 0.25) is 0 Å². The van der Waals surface area contributed by atoms with Crippen LogP contribution in [-0.2, 0) is 6.54 Å². The molecule has 2 heterocycles. The van der Waals surface area contributed by atoms with Crippen LogP contribution in [-0.4, -0.2) is 42.9 Å². The highest BCUT2D eigenvalue weighted by atomic mass is 16.6. The topological polar surface area (TPSA) is 121 Å². The van der Waals surface area contributed by atoms with Crippen LogP contribution in [0, 0.1) is 10.1 Å². The van der Waals surface area contributed by atoms with E-state index in [1.165, 1.54) is 23.4 Å². The molecule has 94 valence electrons. The molecule has 0 saturated carbocycles. The van der Waals surface area contributed by atoms with Gasteiger partial charge in [-0.1, -0.05) is 0 Å². The van der Waals surface area contributed by atoms with E-state index >= 15 is 0 Å². The van der Waals surface area contributed by atoms with Gasteiger partial charge in [0, 0.05) is 13.1 Å². The first-order valence-electron chi connectivity index (χ1n) is 5.01. The summed E-state index contributed by atoms with van der Waals surface area (Å²) in [5.74, 6) is -0.0437. The molecule has 0 spiro atoms. The second kappa shape index (κ2) is 4.65. The minimum absolute atomic E-state index is 0.156. The van der Waals surface area contributed by atoms with E-state index in [9.17, 15) is 14.9 Å². The van der Waals surface area contributed by atoms with E-state index in [2.05, 4.69) is 20.2 Å². The number of carbonyl (C=O) groups is 1. The SMILES string of the molecule is CN(Cc1ncn[nH]1)C(=O)c1ccc([N+](=O)[O-])[nH]1. The fourth-order valence-electron chi connectivity index (χ4n) is 1.42. The Hall–Kier alpha value is -2.71. The summed E-state index contributed by atoms with van der Waals surface area (Å²) in [7, 11) is 1.57. The molecule has 18 heavy (non-hydrogen) atoms. The predicted molar refractivity (Wildman–Crippen MR) is 59.6 cm³/mol.